The van der Waals surface area contributed by atoms with Crippen molar-refractivity contribution < 1.29 is 9.53 Å². The Balaban J connectivity index is 1.80. The molecule has 3 rings (SSSR count). The van der Waals surface area contributed by atoms with E-state index in [0.29, 0.717) is 16.8 Å². The molecule has 98 valence electrons. The van der Waals surface area contributed by atoms with E-state index in [4.69, 9.17) is 4.74 Å². The molecule has 0 saturated heterocycles. The topological polar surface area (TPSA) is 74.1 Å². The first-order valence-electron chi connectivity index (χ1n) is 6.16. The van der Waals surface area contributed by atoms with Gasteiger partial charge in [0.2, 0.25) is 0 Å². The van der Waals surface area contributed by atoms with Gasteiger partial charge in [0, 0.05) is 0 Å². The molecule has 6 nitrogen and oxygen atoms in total. The van der Waals surface area contributed by atoms with E-state index in [1.54, 1.807) is 24.3 Å². The van der Waals surface area contributed by atoms with Crippen molar-refractivity contribution in [1.29, 1.82) is 0 Å². The van der Waals surface area contributed by atoms with Gasteiger partial charge < -0.3 is 4.74 Å². The first-order chi connectivity index (χ1) is 9.16. The third-order valence-electron chi connectivity index (χ3n) is 3.37. The zero-order valence-electron chi connectivity index (χ0n) is 10.4. The minimum atomic E-state index is -0.303. The number of rotatable bonds is 3. The summed E-state index contributed by atoms with van der Waals surface area (Å²) in [4.78, 5) is 23.6. The molecule has 2 aromatic rings. The second-order valence-corrected chi connectivity index (χ2v) is 4.82. The smallest absolute Gasteiger partial charge is 0.311 e. The Bertz CT molecular complexity index is 695. The molecule has 1 aliphatic carbocycles. The Kier molecular flexibility index (Phi) is 2.77. The molecule has 2 unspecified atom stereocenters. The highest BCUT2D eigenvalue weighted by Crippen LogP contribution is 2.38. The lowest BCUT2D eigenvalue weighted by Crippen LogP contribution is -2.27. The second kappa shape index (κ2) is 4.46. The molecule has 0 aliphatic heterocycles. The van der Waals surface area contributed by atoms with E-state index in [2.05, 4.69) is 10.3 Å². The molecule has 2 atom stereocenters. The summed E-state index contributed by atoms with van der Waals surface area (Å²) in [5.41, 5.74) is 0.230. The first kappa shape index (κ1) is 11.8. The largest absolute Gasteiger partial charge is 0.442 e. The van der Waals surface area contributed by atoms with Crippen molar-refractivity contribution in [3.05, 3.63) is 34.6 Å². The highest BCUT2D eigenvalue weighted by atomic mass is 16.5. The average molecular weight is 259 g/mol. The van der Waals surface area contributed by atoms with Gasteiger partial charge in [-0.25, -0.2) is 0 Å². The second-order valence-electron chi connectivity index (χ2n) is 4.82. The number of hydrogen-bond donors (Lipinski definition) is 0. The van der Waals surface area contributed by atoms with Crippen molar-refractivity contribution in [2.45, 2.75) is 20.1 Å². The summed E-state index contributed by atoms with van der Waals surface area (Å²) >= 11 is 0. The fourth-order valence-electron chi connectivity index (χ4n) is 1.99. The fourth-order valence-corrected chi connectivity index (χ4v) is 1.99. The average Bonchev–Trinajstić information content (AvgIpc) is 3.15. The molecule has 0 spiro atoms. The van der Waals surface area contributed by atoms with Gasteiger partial charge in [0.15, 0.2) is 6.73 Å². The highest BCUT2D eigenvalue weighted by Gasteiger charge is 2.40. The van der Waals surface area contributed by atoms with Crippen LogP contribution in [-0.4, -0.2) is 21.0 Å². The lowest BCUT2D eigenvalue weighted by Gasteiger charge is -2.05. The highest BCUT2D eigenvalue weighted by molar-refractivity contribution is 5.76. The predicted octanol–water partition coefficient (Wildman–Crippen LogP) is 0.948. The van der Waals surface area contributed by atoms with Crippen LogP contribution in [0.5, 0.6) is 0 Å². The molecule has 0 amide bonds. The number of carbonyl (C=O) groups excluding carboxylic acids is 1. The number of esters is 1. The zero-order valence-corrected chi connectivity index (χ0v) is 10.4. The molecular formula is C13H13N3O3. The van der Waals surface area contributed by atoms with Crippen molar-refractivity contribution in [2.24, 2.45) is 11.8 Å². The van der Waals surface area contributed by atoms with Gasteiger partial charge >= 0.3 is 5.97 Å². The van der Waals surface area contributed by atoms with Crippen LogP contribution in [0.1, 0.15) is 13.3 Å². The lowest BCUT2D eigenvalue weighted by molar-refractivity contribution is -0.150. The third kappa shape index (κ3) is 2.21. The van der Waals surface area contributed by atoms with Crippen molar-refractivity contribution in [3.63, 3.8) is 0 Å². The summed E-state index contributed by atoms with van der Waals surface area (Å²) < 4.78 is 6.14. The van der Waals surface area contributed by atoms with Crippen molar-refractivity contribution in [1.82, 2.24) is 15.0 Å². The van der Waals surface area contributed by atoms with Gasteiger partial charge in [0.25, 0.3) is 5.56 Å². The molecule has 0 bridgehead atoms. The molecule has 0 N–H and O–H groups in total. The van der Waals surface area contributed by atoms with Crippen LogP contribution in [0, 0.1) is 11.8 Å². The van der Waals surface area contributed by atoms with Crippen LogP contribution in [0.2, 0.25) is 0 Å². The number of nitrogens with zero attached hydrogens (tertiary/aromatic N) is 3. The van der Waals surface area contributed by atoms with Gasteiger partial charge in [-0.15, -0.1) is 5.10 Å². The van der Waals surface area contributed by atoms with Crippen LogP contribution in [-0.2, 0) is 16.3 Å². The van der Waals surface area contributed by atoms with E-state index >= 15 is 0 Å². The van der Waals surface area contributed by atoms with Gasteiger partial charge in [0.05, 0.1) is 11.3 Å². The molecule has 6 heteroatoms. The van der Waals surface area contributed by atoms with Gasteiger partial charge in [-0.2, -0.15) is 4.68 Å². The SMILES string of the molecule is CC1CC1C(=O)OCn1nnc2ccccc2c1=O. The third-order valence-corrected chi connectivity index (χ3v) is 3.37. The quantitative estimate of drug-likeness (QED) is 0.767. The van der Waals surface area contributed by atoms with Crippen molar-refractivity contribution >= 4 is 16.9 Å². The van der Waals surface area contributed by atoms with Crippen molar-refractivity contribution in [3.8, 4) is 0 Å². The summed E-state index contributed by atoms with van der Waals surface area (Å²) in [5.74, 6) is 0.0883. The van der Waals surface area contributed by atoms with E-state index in [1.807, 2.05) is 6.92 Å². The molecule has 0 radical (unpaired) electrons. The van der Waals surface area contributed by atoms with Gasteiger partial charge in [-0.3, -0.25) is 9.59 Å². The monoisotopic (exact) mass is 259 g/mol. The van der Waals surface area contributed by atoms with Gasteiger partial charge in [0.1, 0.15) is 5.52 Å². The van der Waals surface area contributed by atoms with Crippen molar-refractivity contribution in [2.75, 3.05) is 0 Å². The standard InChI is InChI=1S/C13H13N3O3/c1-8-6-10(8)13(18)19-7-16-12(17)9-4-2-3-5-11(9)14-15-16/h2-5,8,10H,6-7H2,1H3. The van der Waals surface area contributed by atoms with E-state index in [-0.39, 0.29) is 24.2 Å². The lowest BCUT2D eigenvalue weighted by atomic mass is 10.2. The fraction of sp³-hybridized carbons (Fsp3) is 0.385. The Morgan fingerprint density at radius 3 is 2.95 bits per heavy atom. The first-order valence-corrected chi connectivity index (χ1v) is 6.16. The summed E-state index contributed by atoms with van der Waals surface area (Å²) in [6, 6.07) is 6.93. The van der Waals surface area contributed by atoms with Crippen LogP contribution < -0.4 is 5.56 Å². The molecule has 1 saturated carbocycles. The van der Waals surface area contributed by atoms with Crippen LogP contribution in [0.4, 0.5) is 0 Å². The number of ether oxygens (including phenoxy) is 1. The number of aromatic nitrogens is 3. The maximum absolute atomic E-state index is 12.1. The Morgan fingerprint density at radius 2 is 2.21 bits per heavy atom. The summed E-state index contributed by atoms with van der Waals surface area (Å²) in [6.45, 7) is 1.81. The molecule has 19 heavy (non-hydrogen) atoms. The molecule has 1 fully saturated rings. The minimum absolute atomic E-state index is 0.0240. The zero-order chi connectivity index (χ0) is 13.4. The number of hydrogen-bond acceptors (Lipinski definition) is 5. The Morgan fingerprint density at radius 1 is 1.47 bits per heavy atom. The Labute approximate surface area is 109 Å². The van der Waals surface area contributed by atoms with Crippen LogP contribution >= 0.6 is 0 Å². The maximum Gasteiger partial charge on any atom is 0.311 e. The van der Waals surface area contributed by atoms with E-state index in [9.17, 15) is 9.59 Å². The number of carbonyl (C=O) groups is 1. The summed E-state index contributed by atoms with van der Waals surface area (Å²) in [5, 5.41) is 8.14. The summed E-state index contributed by atoms with van der Waals surface area (Å²) in [7, 11) is 0. The van der Waals surface area contributed by atoms with E-state index in [1.165, 1.54) is 0 Å². The van der Waals surface area contributed by atoms with E-state index < -0.39 is 0 Å². The Hall–Kier alpha value is -2.24. The van der Waals surface area contributed by atoms with Crippen LogP contribution in [0.25, 0.3) is 10.9 Å². The molecule has 1 aliphatic rings. The van der Waals surface area contributed by atoms with E-state index in [0.717, 1.165) is 11.1 Å². The van der Waals surface area contributed by atoms with Crippen LogP contribution in [0.15, 0.2) is 29.1 Å². The summed E-state index contributed by atoms with van der Waals surface area (Å²) in [6.07, 6.45) is 0.858. The maximum atomic E-state index is 12.1. The van der Waals surface area contributed by atoms with Gasteiger partial charge in [-0.1, -0.05) is 24.3 Å². The molecule has 1 aromatic carbocycles. The molecule has 1 aromatic heterocycles. The number of fused-ring (bicyclic) bond motifs is 1. The van der Waals surface area contributed by atoms with Gasteiger partial charge in [-0.05, 0) is 24.5 Å². The normalized spacial score (nSPS) is 21.3. The minimum Gasteiger partial charge on any atom is -0.442 e. The predicted molar refractivity (Wildman–Crippen MR) is 67.2 cm³/mol. The molecule has 1 heterocycles. The number of benzene rings is 1. The molecular weight excluding hydrogens is 246 g/mol. The van der Waals surface area contributed by atoms with Crippen LogP contribution in [0.3, 0.4) is 0 Å².